The molecule has 0 aliphatic carbocycles. The number of aliphatic hydroxyl groups is 2. The summed E-state index contributed by atoms with van der Waals surface area (Å²) in [6.45, 7) is 9.08. The van der Waals surface area contributed by atoms with Gasteiger partial charge < -0.3 is 29.9 Å². The minimum atomic E-state index is -0.772. The number of β-amino-alcohol motifs (C(OH)–C–C–N with tert-alkyl or cyclic N) is 1. The first-order valence-corrected chi connectivity index (χ1v) is 11.5. The maximum Gasteiger partial charge on any atom is 0.338 e. The lowest BCUT2D eigenvalue weighted by molar-refractivity contribution is 0.0122. The summed E-state index contributed by atoms with van der Waals surface area (Å²) in [7, 11) is 0. The summed E-state index contributed by atoms with van der Waals surface area (Å²) in [4.78, 5) is 17.4. The quantitative estimate of drug-likeness (QED) is 0.201. The van der Waals surface area contributed by atoms with Gasteiger partial charge in [0.05, 0.1) is 42.3 Å². The van der Waals surface area contributed by atoms with E-state index < -0.39 is 12.2 Å². The maximum atomic E-state index is 11.7. The van der Waals surface area contributed by atoms with Crippen molar-refractivity contribution in [3.8, 4) is 6.07 Å². The molecule has 0 bridgehead atoms. The largest absolute Gasteiger partial charge is 0.457 e. The molecule has 2 heterocycles. The number of hydrogen-bond donors (Lipinski definition) is 3. The molecule has 0 amide bonds. The van der Waals surface area contributed by atoms with Gasteiger partial charge in [0, 0.05) is 37.1 Å². The molecule has 1 saturated heterocycles. The topological polar surface area (TPSA) is 127 Å². The van der Waals surface area contributed by atoms with Crippen LogP contribution in [0.15, 0.2) is 52.9 Å². The average Bonchev–Trinajstić information content (AvgIpc) is 3.22. The van der Waals surface area contributed by atoms with Gasteiger partial charge in [-0.1, -0.05) is 12.1 Å². The van der Waals surface area contributed by atoms with E-state index >= 15 is 0 Å². The SMILES string of the molecule is C=N/C=C(C#N)\C=C/CC(O)CN1/C(=C/NC[C@H](O)c2ccc3c(c2C)COC3=O)COCC1C. The second-order valence-corrected chi connectivity index (χ2v) is 8.63. The Morgan fingerprint density at radius 3 is 2.97 bits per heavy atom. The van der Waals surface area contributed by atoms with Crippen LogP contribution in [0.3, 0.4) is 0 Å². The Bertz CT molecular complexity index is 1070. The lowest BCUT2D eigenvalue weighted by Crippen LogP contribution is -2.46. The molecule has 0 aromatic heterocycles. The van der Waals surface area contributed by atoms with E-state index in [2.05, 4.69) is 21.9 Å². The molecule has 1 fully saturated rings. The summed E-state index contributed by atoms with van der Waals surface area (Å²) >= 11 is 0. The molecule has 35 heavy (non-hydrogen) atoms. The van der Waals surface area contributed by atoms with Crippen LogP contribution < -0.4 is 5.32 Å². The fourth-order valence-electron chi connectivity index (χ4n) is 4.20. The predicted octanol–water partition coefficient (Wildman–Crippen LogP) is 2.27. The van der Waals surface area contributed by atoms with Gasteiger partial charge in [-0.2, -0.15) is 5.26 Å². The van der Waals surface area contributed by atoms with Gasteiger partial charge in [0.25, 0.3) is 0 Å². The summed E-state index contributed by atoms with van der Waals surface area (Å²) in [5.41, 5.74) is 4.23. The third-order valence-electron chi connectivity index (χ3n) is 6.13. The number of cyclic esters (lactones) is 1. The summed E-state index contributed by atoms with van der Waals surface area (Å²) in [5, 5.41) is 33.5. The van der Waals surface area contributed by atoms with Crippen LogP contribution in [0.5, 0.6) is 0 Å². The Hall–Kier alpha value is -3.45. The number of carbonyl (C=O) groups excluding carboxylic acids is 1. The molecule has 0 radical (unpaired) electrons. The number of nitriles is 1. The summed E-state index contributed by atoms with van der Waals surface area (Å²) < 4.78 is 10.8. The zero-order valence-corrected chi connectivity index (χ0v) is 20.1. The molecule has 3 rings (SSSR count). The van der Waals surface area contributed by atoms with Crippen molar-refractivity contribution >= 4 is 12.7 Å². The first-order valence-electron chi connectivity index (χ1n) is 11.5. The minimum Gasteiger partial charge on any atom is -0.457 e. The van der Waals surface area contributed by atoms with E-state index in [1.165, 1.54) is 6.20 Å². The third-order valence-corrected chi connectivity index (χ3v) is 6.13. The number of benzene rings is 1. The van der Waals surface area contributed by atoms with Gasteiger partial charge in [-0.05, 0) is 50.3 Å². The van der Waals surface area contributed by atoms with E-state index in [0.717, 1.165) is 22.4 Å². The average molecular weight is 481 g/mol. The van der Waals surface area contributed by atoms with Gasteiger partial charge in [-0.25, -0.2) is 4.79 Å². The number of carbonyl (C=O) groups is 1. The Morgan fingerprint density at radius 2 is 2.23 bits per heavy atom. The van der Waals surface area contributed by atoms with E-state index in [4.69, 9.17) is 14.7 Å². The number of hydrogen-bond acceptors (Lipinski definition) is 9. The number of aliphatic hydroxyl groups excluding tert-OH is 2. The molecule has 9 heteroatoms. The molecule has 3 atom stereocenters. The van der Waals surface area contributed by atoms with Gasteiger partial charge in [-0.3, -0.25) is 4.99 Å². The highest BCUT2D eigenvalue weighted by Gasteiger charge is 2.26. The van der Waals surface area contributed by atoms with Gasteiger partial charge in [0.1, 0.15) is 12.7 Å². The van der Waals surface area contributed by atoms with Crippen LogP contribution in [0.25, 0.3) is 0 Å². The van der Waals surface area contributed by atoms with Crippen molar-refractivity contribution in [2.45, 2.75) is 45.1 Å². The molecule has 1 aromatic rings. The molecule has 1 aromatic carbocycles. The van der Waals surface area contributed by atoms with Crippen LogP contribution in [0, 0.1) is 18.3 Å². The molecule has 0 spiro atoms. The molecule has 2 unspecified atom stereocenters. The zero-order valence-electron chi connectivity index (χ0n) is 20.1. The fraction of sp³-hybridized carbons (Fsp3) is 0.423. The Balaban J connectivity index is 1.60. The summed E-state index contributed by atoms with van der Waals surface area (Å²) in [6, 6.07) is 5.54. The van der Waals surface area contributed by atoms with Crippen LogP contribution in [-0.4, -0.2) is 66.2 Å². The number of esters is 1. The van der Waals surface area contributed by atoms with Crippen LogP contribution in [0.2, 0.25) is 0 Å². The number of allylic oxidation sites excluding steroid dienone is 2. The molecule has 186 valence electrons. The Morgan fingerprint density at radius 1 is 1.43 bits per heavy atom. The van der Waals surface area contributed by atoms with Gasteiger partial charge in [0.2, 0.25) is 0 Å². The highest BCUT2D eigenvalue weighted by atomic mass is 16.5. The number of nitrogens with zero attached hydrogens (tertiary/aromatic N) is 3. The van der Waals surface area contributed by atoms with Gasteiger partial charge in [-0.15, -0.1) is 0 Å². The van der Waals surface area contributed by atoms with Crippen LogP contribution >= 0.6 is 0 Å². The fourth-order valence-corrected chi connectivity index (χ4v) is 4.20. The molecule has 9 nitrogen and oxygen atoms in total. The molecule has 2 aliphatic rings. The van der Waals surface area contributed by atoms with Crippen molar-refractivity contribution in [1.82, 2.24) is 10.2 Å². The number of aliphatic imine (C=N–C) groups is 1. The van der Waals surface area contributed by atoms with Crippen LogP contribution in [0.1, 0.15) is 46.5 Å². The normalized spacial score (nSPS) is 20.9. The van der Waals surface area contributed by atoms with E-state index in [1.54, 1.807) is 24.3 Å². The zero-order chi connectivity index (χ0) is 25.4. The number of ether oxygens (including phenoxy) is 2. The van der Waals surface area contributed by atoms with Crippen molar-refractivity contribution in [1.29, 1.82) is 5.26 Å². The Labute approximate surface area is 205 Å². The smallest absolute Gasteiger partial charge is 0.338 e. The second kappa shape index (κ2) is 12.3. The van der Waals surface area contributed by atoms with Crippen LogP contribution in [0.4, 0.5) is 0 Å². The van der Waals surface area contributed by atoms with E-state index in [9.17, 15) is 15.0 Å². The lowest BCUT2D eigenvalue weighted by Gasteiger charge is -2.38. The molecular formula is C26H32N4O5. The standard InChI is InChI=1S/C26H32N4O5/c1-17-14-34-15-20(30(17)13-21(31)6-4-5-19(9-27)10-28-3)11-29-12-25(32)22-7-8-23-24(18(22)2)16-35-26(23)33/h4-5,7-8,10-11,17,21,25,29,31-32H,3,6,12-16H2,1-2H3/b5-4-,19-10+,20-11+/t17?,21?,25-/m0/s1. The minimum absolute atomic E-state index is 0.0661. The monoisotopic (exact) mass is 480 g/mol. The first-order chi connectivity index (χ1) is 16.8. The van der Waals surface area contributed by atoms with Crippen molar-refractivity contribution in [2.24, 2.45) is 4.99 Å². The van der Waals surface area contributed by atoms with E-state index in [0.29, 0.717) is 37.3 Å². The molecule has 0 saturated carbocycles. The Kier molecular flexibility index (Phi) is 9.20. The molecule has 3 N–H and O–H groups in total. The van der Waals surface area contributed by atoms with E-state index in [-0.39, 0.29) is 25.2 Å². The third kappa shape index (κ3) is 6.57. The highest BCUT2D eigenvalue weighted by Crippen LogP contribution is 2.29. The van der Waals surface area contributed by atoms with E-state index in [1.807, 2.05) is 26.1 Å². The van der Waals surface area contributed by atoms with Crippen LogP contribution in [-0.2, 0) is 16.1 Å². The summed E-state index contributed by atoms with van der Waals surface area (Å²) in [6.07, 6.45) is 5.50. The van der Waals surface area contributed by atoms with Gasteiger partial charge >= 0.3 is 5.97 Å². The molecular weight excluding hydrogens is 448 g/mol. The van der Waals surface area contributed by atoms with Crippen molar-refractivity contribution in [3.05, 3.63) is 70.2 Å². The maximum absolute atomic E-state index is 11.7. The second-order valence-electron chi connectivity index (χ2n) is 8.63. The number of rotatable bonds is 10. The number of fused-ring (bicyclic) bond motifs is 1. The first kappa shape index (κ1) is 26.2. The highest BCUT2D eigenvalue weighted by molar-refractivity contribution is 5.93. The summed E-state index contributed by atoms with van der Waals surface area (Å²) in [5.74, 6) is -0.327. The lowest BCUT2D eigenvalue weighted by atomic mass is 9.95. The van der Waals surface area contributed by atoms with Crippen molar-refractivity contribution in [3.63, 3.8) is 0 Å². The predicted molar refractivity (Wildman–Crippen MR) is 131 cm³/mol. The number of morpholine rings is 1. The van der Waals surface area contributed by atoms with Crippen molar-refractivity contribution < 1.29 is 24.5 Å². The number of nitrogens with one attached hydrogen (secondary N) is 1. The van der Waals surface area contributed by atoms with Crippen molar-refractivity contribution in [2.75, 3.05) is 26.3 Å². The molecule has 2 aliphatic heterocycles. The van der Waals surface area contributed by atoms with Gasteiger partial charge in [0.15, 0.2) is 0 Å².